The summed E-state index contributed by atoms with van der Waals surface area (Å²) >= 11 is 0. The van der Waals surface area contributed by atoms with Gasteiger partial charge in [0.2, 0.25) is 0 Å². The Balaban J connectivity index is 0.764. The fraction of sp³-hybridized carbons (Fsp3) is 0.0351. The van der Waals surface area contributed by atoms with Crippen molar-refractivity contribution in [2.24, 2.45) is 0 Å². The summed E-state index contributed by atoms with van der Waals surface area (Å²) in [5.74, 6) is 0. The number of hydrogen-bond acceptors (Lipinski definition) is 3. The third kappa shape index (κ3) is 9.06. The van der Waals surface area contributed by atoms with Gasteiger partial charge in [-0.2, -0.15) is 0 Å². The second-order valence-corrected chi connectivity index (χ2v) is 34.1. The van der Waals surface area contributed by atoms with E-state index in [4.69, 9.17) is 4.42 Å². The number of para-hydroxylation sites is 4. The Kier molecular flexibility index (Phi) is 13.7. The summed E-state index contributed by atoms with van der Waals surface area (Å²) in [6.07, 6.45) is 0. The molecule has 4 aliphatic heterocycles. The van der Waals surface area contributed by atoms with Gasteiger partial charge in [0.15, 0.2) is 0 Å². The fourth-order valence-electron chi connectivity index (χ4n) is 22.9. The van der Waals surface area contributed by atoms with Crippen LogP contribution in [0.25, 0.3) is 197 Å². The highest BCUT2D eigenvalue weighted by molar-refractivity contribution is 6.91. The number of furan rings is 1. The average molecular weight is 1540 g/mol. The van der Waals surface area contributed by atoms with Crippen molar-refractivity contribution in [2.45, 2.75) is 27.7 Å². The Morgan fingerprint density at radius 1 is 0.240 bits per heavy atom. The van der Waals surface area contributed by atoms with Crippen molar-refractivity contribution in [2.75, 3.05) is 9.80 Å². The lowest BCUT2D eigenvalue weighted by Crippen LogP contribution is -2.56. The second kappa shape index (κ2) is 24.7. The van der Waals surface area contributed by atoms with Gasteiger partial charge in [0.05, 0.1) is 0 Å². The van der Waals surface area contributed by atoms with Gasteiger partial charge in [-0.15, -0.1) is 0 Å². The number of hydrogen-bond donors (Lipinski definition) is 0. The van der Waals surface area contributed by atoms with Gasteiger partial charge in [-0.1, -0.05) is 291 Å². The van der Waals surface area contributed by atoms with Crippen LogP contribution in [0.2, 0.25) is 0 Å². The van der Waals surface area contributed by atoms with Crippen LogP contribution in [0.5, 0.6) is 0 Å². The molecule has 560 valence electrons. The van der Waals surface area contributed by atoms with Crippen LogP contribution in [0.1, 0.15) is 22.3 Å². The number of anilines is 6. The lowest BCUT2D eigenvalue weighted by Gasteiger charge is -2.41. The predicted octanol–water partition coefficient (Wildman–Crippen LogP) is 28.0. The Morgan fingerprint density at radius 2 is 0.645 bits per heavy atom. The van der Waals surface area contributed by atoms with E-state index in [0.29, 0.717) is 0 Å². The normalized spacial score (nSPS) is 13.1. The van der Waals surface area contributed by atoms with Crippen LogP contribution in [0.3, 0.4) is 0 Å². The van der Waals surface area contributed by atoms with Gasteiger partial charge in [-0.3, -0.25) is 0 Å². The van der Waals surface area contributed by atoms with Gasteiger partial charge >= 0.3 is 13.7 Å². The number of rotatable bonds is 7. The maximum atomic E-state index is 7.37. The first-order chi connectivity index (χ1) is 59.7. The predicted molar refractivity (Wildman–Crippen MR) is 514 cm³/mol. The van der Waals surface area contributed by atoms with E-state index in [2.05, 4.69) is 410 Å². The van der Waals surface area contributed by atoms with Crippen LogP contribution < -0.4 is 31.7 Å². The fourth-order valence-corrected chi connectivity index (χ4v) is 22.9. The van der Waals surface area contributed by atoms with Crippen LogP contribution in [0, 0.1) is 27.7 Å². The molecule has 0 amide bonds. The molecule has 0 spiro atoms. The molecule has 7 heterocycles. The average Bonchev–Trinajstić information content (AvgIpc) is 1.54. The lowest BCUT2D eigenvalue weighted by atomic mass is 9.44. The molecule has 4 aliphatic rings. The summed E-state index contributed by atoms with van der Waals surface area (Å²) in [4.78, 5) is 5.33. The van der Waals surface area contributed by atoms with Crippen molar-refractivity contribution in [3.8, 4) is 77.9 Å². The van der Waals surface area contributed by atoms with E-state index >= 15 is 0 Å². The molecule has 0 atom stereocenters. The molecular formula is C114H72B2N4O. The van der Waals surface area contributed by atoms with Crippen molar-refractivity contribution < 1.29 is 4.42 Å². The summed E-state index contributed by atoms with van der Waals surface area (Å²) < 4.78 is 12.9. The molecule has 121 heavy (non-hydrogen) atoms. The molecule has 0 bridgehead atoms. The highest BCUT2D eigenvalue weighted by Crippen LogP contribution is 2.57. The summed E-state index contributed by atoms with van der Waals surface area (Å²) in [6, 6.07) is 139. The number of benzene rings is 20. The topological polar surface area (TPSA) is 29.5 Å². The molecule has 5 nitrogen and oxygen atoms in total. The van der Waals surface area contributed by atoms with Crippen LogP contribution in [0.4, 0.5) is 34.1 Å². The molecule has 7 heteroatoms. The van der Waals surface area contributed by atoms with E-state index in [1.54, 1.807) is 0 Å². The van der Waals surface area contributed by atoms with Gasteiger partial charge in [0.25, 0.3) is 0 Å². The van der Waals surface area contributed by atoms with Crippen LogP contribution in [-0.2, 0) is 0 Å². The van der Waals surface area contributed by atoms with Crippen molar-refractivity contribution in [1.29, 1.82) is 0 Å². The number of nitrogens with zero attached hydrogens (tertiary/aromatic N) is 4. The van der Waals surface area contributed by atoms with Gasteiger partial charge in [0.1, 0.15) is 11.2 Å². The molecule has 27 rings (SSSR count). The molecule has 0 radical (unpaired) electrons. The van der Waals surface area contributed by atoms with Crippen LogP contribution in [0.15, 0.2) is 368 Å². The van der Waals surface area contributed by atoms with Crippen LogP contribution in [-0.4, -0.2) is 22.7 Å². The molecule has 0 N–H and O–H groups in total. The van der Waals surface area contributed by atoms with Crippen molar-refractivity contribution in [3.05, 3.63) is 386 Å². The minimum atomic E-state index is -0.273. The van der Waals surface area contributed by atoms with Gasteiger partial charge in [-0.25, -0.2) is 0 Å². The van der Waals surface area contributed by atoms with E-state index in [0.717, 1.165) is 83.6 Å². The standard InChI is InChI=1S/C114H72B2N4O/c1-65-78-39-19-21-41-80(78)67(3)92-62-101-97(60-90(65)92)115-110-103(117(101)76-55-74(69-30-9-5-10-31-69)54-75(56-76)70-32-11-6-12-33-70)57-73-38-17-18-43-82(73)108(110)88-49-28-48-87-107-86(47-29-52-100(107)120(115)113(87)88)106-94(71-34-13-7-14-35-71)58-77(59-95(106)72-36-15-8-16-37-72)118-102-63-93-68(4)81-42-22-20-40-79(81)66(2)91(93)61-98(102)116-111-104(118)64-96-84-45-24-26-53-105(84)121-114(96)109(111)89-50-27-46-85-83-44-23-25-51-99(83)119(116)112(85)89/h5-64H,1-4H3. The molecule has 0 saturated carbocycles. The molecule has 0 aliphatic carbocycles. The zero-order valence-electron chi connectivity index (χ0n) is 67.0. The first-order valence-corrected chi connectivity index (χ1v) is 42.4. The van der Waals surface area contributed by atoms with Crippen molar-refractivity contribution >= 4 is 189 Å². The van der Waals surface area contributed by atoms with E-state index in [1.165, 1.54) is 192 Å². The first-order valence-electron chi connectivity index (χ1n) is 42.4. The maximum absolute atomic E-state index is 7.37. The van der Waals surface area contributed by atoms with Gasteiger partial charge < -0.3 is 23.2 Å². The summed E-state index contributed by atoms with van der Waals surface area (Å²) in [5.41, 5.74) is 40.0. The van der Waals surface area contributed by atoms with Gasteiger partial charge in [0, 0.05) is 105 Å². The molecular weight excluding hydrogens is 1460 g/mol. The lowest BCUT2D eigenvalue weighted by molar-refractivity contribution is 0.670. The third-order valence-corrected chi connectivity index (χ3v) is 28.1. The zero-order chi connectivity index (χ0) is 79.5. The molecule has 0 unspecified atom stereocenters. The first kappa shape index (κ1) is 66.9. The maximum Gasteiger partial charge on any atom is 0.333 e. The molecule has 0 fully saturated rings. The van der Waals surface area contributed by atoms with Crippen LogP contribution >= 0.6 is 0 Å². The quantitative estimate of drug-likeness (QED) is 0.118. The van der Waals surface area contributed by atoms with E-state index in [9.17, 15) is 0 Å². The summed E-state index contributed by atoms with van der Waals surface area (Å²) in [5, 5.41) is 19.7. The van der Waals surface area contributed by atoms with Gasteiger partial charge in [-0.05, 0) is 260 Å². The Hall–Kier alpha value is -15.2. The number of fused-ring (bicyclic) bond motifs is 24. The Morgan fingerprint density at radius 3 is 1.22 bits per heavy atom. The highest BCUT2D eigenvalue weighted by Gasteiger charge is 2.48. The Labute approximate surface area is 699 Å². The highest BCUT2D eigenvalue weighted by atomic mass is 16.3. The molecule has 3 aromatic heterocycles. The minimum absolute atomic E-state index is 0.241. The van der Waals surface area contributed by atoms with Crippen molar-refractivity contribution in [3.63, 3.8) is 0 Å². The second-order valence-electron chi connectivity index (χ2n) is 34.1. The van der Waals surface area contributed by atoms with E-state index in [-0.39, 0.29) is 13.7 Å². The minimum Gasteiger partial charge on any atom is -0.455 e. The van der Waals surface area contributed by atoms with E-state index < -0.39 is 0 Å². The SMILES string of the molecule is Cc1c2ccccc2c(C)c2cc3c(cc12)B1c2c(cc4ccccc4c2-c2cccc4c5c(-c6c(-c7ccccc7)cc(N7c8cc9c(C)c%10ccccc%10c(C)c9cc8B8c9c7cc7c(oc%10ccccc%107)c9-c7cccc9c%10ccccc%10n8c79)cc6-c6ccccc6)cccc5n1c24)N3c1cc(-c2ccccc2)cc(-c2ccccc2)c1. The Bertz CT molecular complexity index is 8470. The monoisotopic (exact) mass is 1530 g/mol. The molecule has 0 saturated heterocycles. The largest absolute Gasteiger partial charge is 0.455 e. The third-order valence-electron chi connectivity index (χ3n) is 28.1. The van der Waals surface area contributed by atoms with E-state index in [1.807, 2.05) is 0 Å². The summed E-state index contributed by atoms with van der Waals surface area (Å²) in [7, 11) is 0. The van der Waals surface area contributed by atoms with Crippen molar-refractivity contribution in [1.82, 2.24) is 8.96 Å². The molecule has 23 aromatic rings. The number of aryl methyl sites for hydroxylation is 4. The molecule has 20 aromatic carbocycles. The number of aromatic nitrogens is 2. The smallest absolute Gasteiger partial charge is 0.333 e. The zero-order valence-corrected chi connectivity index (χ0v) is 67.0. The summed E-state index contributed by atoms with van der Waals surface area (Å²) in [6.45, 7) is 8.86.